The average molecular weight is 343 g/mol. The third-order valence-corrected chi connectivity index (χ3v) is 5.01. The minimum Gasteiger partial charge on any atom is -0.339 e. The molecule has 0 aromatic heterocycles. The van der Waals surface area contributed by atoms with Crippen LogP contribution >= 0.6 is 24.2 Å². The zero-order valence-electron chi connectivity index (χ0n) is 13.5. The molecule has 2 rings (SSSR count). The topological polar surface area (TPSA) is 32.3 Å². The Bertz CT molecular complexity index is 444. The van der Waals surface area contributed by atoms with Crippen LogP contribution in [0.1, 0.15) is 35.7 Å². The summed E-state index contributed by atoms with van der Waals surface area (Å²) in [6, 6.07) is 8.13. The molecule has 0 unspecified atom stereocenters. The van der Waals surface area contributed by atoms with Gasteiger partial charge in [0, 0.05) is 24.4 Å². The second-order valence-corrected chi connectivity index (χ2v) is 6.90. The van der Waals surface area contributed by atoms with E-state index in [1.165, 1.54) is 5.56 Å². The quantitative estimate of drug-likeness (QED) is 0.859. The normalized spacial score (nSPS) is 15.5. The number of benzene rings is 1. The van der Waals surface area contributed by atoms with Gasteiger partial charge in [-0.1, -0.05) is 19.1 Å². The Balaban J connectivity index is 0.00000242. The van der Waals surface area contributed by atoms with Crippen molar-refractivity contribution in [2.24, 2.45) is 5.92 Å². The van der Waals surface area contributed by atoms with E-state index >= 15 is 0 Å². The van der Waals surface area contributed by atoms with Crippen LogP contribution in [0.15, 0.2) is 24.3 Å². The fourth-order valence-electron chi connectivity index (χ4n) is 2.77. The van der Waals surface area contributed by atoms with E-state index in [-0.39, 0.29) is 18.3 Å². The Morgan fingerprint density at radius 1 is 1.27 bits per heavy atom. The van der Waals surface area contributed by atoms with E-state index in [0.717, 1.165) is 49.5 Å². The molecule has 0 spiro atoms. The number of nitrogens with zero attached hydrogens (tertiary/aromatic N) is 1. The van der Waals surface area contributed by atoms with Gasteiger partial charge in [-0.25, -0.2) is 0 Å². The molecule has 1 fully saturated rings. The molecule has 1 aliphatic heterocycles. The van der Waals surface area contributed by atoms with Crippen LogP contribution < -0.4 is 5.32 Å². The van der Waals surface area contributed by atoms with Crippen LogP contribution in [-0.4, -0.2) is 43.2 Å². The number of carbonyl (C=O) groups excluding carboxylic acids is 1. The first-order valence-electron chi connectivity index (χ1n) is 7.85. The molecule has 1 heterocycles. The first kappa shape index (κ1) is 19.3. The number of rotatable bonds is 6. The zero-order valence-corrected chi connectivity index (χ0v) is 15.1. The molecule has 0 aliphatic carbocycles. The van der Waals surface area contributed by atoms with E-state index < -0.39 is 0 Å². The lowest BCUT2D eigenvalue weighted by atomic mass is 9.96. The number of halogens is 1. The van der Waals surface area contributed by atoms with Gasteiger partial charge >= 0.3 is 0 Å². The van der Waals surface area contributed by atoms with Crippen LogP contribution in [0.4, 0.5) is 0 Å². The summed E-state index contributed by atoms with van der Waals surface area (Å²) in [5, 5.41) is 3.23. The summed E-state index contributed by atoms with van der Waals surface area (Å²) in [5.74, 6) is 3.06. The highest BCUT2D eigenvalue weighted by Gasteiger charge is 2.23. The summed E-state index contributed by atoms with van der Waals surface area (Å²) in [6.45, 7) is 5.00. The molecule has 1 aliphatic rings. The monoisotopic (exact) mass is 342 g/mol. The third-order valence-electron chi connectivity index (χ3n) is 4.07. The van der Waals surface area contributed by atoms with Crippen molar-refractivity contribution in [1.29, 1.82) is 0 Å². The van der Waals surface area contributed by atoms with Crippen molar-refractivity contribution in [3.05, 3.63) is 35.4 Å². The first-order valence-corrected chi connectivity index (χ1v) is 9.00. The van der Waals surface area contributed by atoms with Gasteiger partial charge in [0.15, 0.2) is 0 Å². The molecular weight excluding hydrogens is 316 g/mol. The molecule has 0 bridgehead atoms. The lowest BCUT2D eigenvalue weighted by Crippen LogP contribution is -2.40. The van der Waals surface area contributed by atoms with Gasteiger partial charge in [0.05, 0.1) is 0 Å². The van der Waals surface area contributed by atoms with Crippen LogP contribution in [-0.2, 0) is 5.75 Å². The summed E-state index contributed by atoms with van der Waals surface area (Å²) >= 11 is 1.91. The highest BCUT2D eigenvalue weighted by atomic mass is 35.5. The lowest BCUT2D eigenvalue weighted by molar-refractivity contribution is 0.0691. The van der Waals surface area contributed by atoms with Crippen molar-refractivity contribution in [1.82, 2.24) is 10.2 Å². The SMILES string of the molecule is CCSCc1ccc(C(=O)N2CCC(CNC)CC2)cc1.Cl. The molecule has 0 saturated carbocycles. The summed E-state index contributed by atoms with van der Waals surface area (Å²) in [6.07, 6.45) is 2.22. The van der Waals surface area contributed by atoms with E-state index in [0.29, 0.717) is 5.92 Å². The van der Waals surface area contributed by atoms with Crippen molar-refractivity contribution in [3.63, 3.8) is 0 Å². The molecule has 1 N–H and O–H groups in total. The molecular formula is C17H27ClN2OS. The van der Waals surface area contributed by atoms with Gasteiger partial charge in [0.25, 0.3) is 5.91 Å². The molecule has 0 atom stereocenters. The van der Waals surface area contributed by atoms with Crippen molar-refractivity contribution in [2.45, 2.75) is 25.5 Å². The van der Waals surface area contributed by atoms with E-state index in [9.17, 15) is 4.79 Å². The van der Waals surface area contributed by atoms with Gasteiger partial charge in [-0.3, -0.25) is 4.79 Å². The maximum absolute atomic E-state index is 12.5. The van der Waals surface area contributed by atoms with Crippen LogP contribution in [0.25, 0.3) is 0 Å². The molecule has 22 heavy (non-hydrogen) atoms. The number of likely N-dealkylation sites (tertiary alicyclic amines) is 1. The second kappa shape index (κ2) is 10.1. The van der Waals surface area contributed by atoms with Crippen LogP contribution in [0.2, 0.25) is 0 Å². The Morgan fingerprint density at radius 3 is 2.45 bits per heavy atom. The highest BCUT2D eigenvalue weighted by Crippen LogP contribution is 2.19. The summed E-state index contributed by atoms with van der Waals surface area (Å²) in [4.78, 5) is 14.5. The Kier molecular flexibility index (Phi) is 8.91. The van der Waals surface area contributed by atoms with E-state index in [2.05, 4.69) is 24.4 Å². The Hall–Kier alpha value is -0.710. The molecule has 5 heteroatoms. The van der Waals surface area contributed by atoms with E-state index in [4.69, 9.17) is 0 Å². The summed E-state index contributed by atoms with van der Waals surface area (Å²) < 4.78 is 0. The van der Waals surface area contributed by atoms with Crippen molar-refractivity contribution in [2.75, 3.05) is 32.4 Å². The number of nitrogens with one attached hydrogen (secondary N) is 1. The Labute approximate surface area is 144 Å². The number of amides is 1. The largest absolute Gasteiger partial charge is 0.339 e. The number of carbonyl (C=O) groups is 1. The highest BCUT2D eigenvalue weighted by molar-refractivity contribution is 7.98. The zero-order chi connectivity index (χ0) is 15.1. The summed E-state index contributed by atoms with van der Waals surface area (Å²) in [5.41, 5.74) is 2.12. The van der Waals surface area contributed by atoms with Gasteiger partial charge in [0.2, 0.25) is 0 Å². The molecule has 1 amide bonds. The fraction of sp³-hybridized carbons (Fsp3) is 0.588. The standard InChI is InChI=1S/C17H26N2OS.ClH/c1-3-21-13-15-4-6-16(7-5-15)17(20)19-10-8-14(9-11-19)12-18-2;/h4-7,14,18H,3,8-13H2,1-2H3;1H. The first-order chi connectivity index (χ1) is 10.2. The van der Waals surface area contributed by atoms with Crippen LogP contribution in [0.3, 0.4) is 0 Å². The van der Waals surface area contributed by atoms with Crippen LogP contribution in [0.5, 0.6) is 0 Å². The minimum absolute atomic E-state index is 0. The number of hydrogen-bond acceptors (Lipinski definition) is 3. The minimum atomic E-state index is 0. The number of thioether (sulfide) groups is 1. The van der Waals surface area contributed by atoms with E-state index in [1.807, 2.05) is 35.8 Å². The fourth-order valence-corrected chi connectivity index (χ4v) is 3.41. The van der Waals surface area contributed by atoms with Crippen LogP contribution in [0, 0.1) is 5.92 Å². The maximum Gasteiger partial charge on any atom is 0.253 e. The van der Waals surface area contributed by atoms with Crippen molar-refractivity contribution < 1.29 is 4.79 Å². The lowest BCUT2D eigenvalue weighted by Gasteiger charge is -2.32. The van der Waals surface area contributed by atoms with Gasteiger partial charge in [0.1, 0.15) is 0 Å². The molecule has 1 aromatic rings. The number of piperidine rings is 1. The predicted octanol–water partition coefficient (Wildman–Crippen LogP) is 3.43. The van der Waals surface area contributed by atoms with Gasteiger partial charge in [-0.05, 0) is 55.8 Å². The smallest absolute Gasteiger partial charge is 0.253 e. The van der Waals surface area contributed by atoms with Crippen molar-refractivity contribution in [3.8, 4) is 0 Å². The molecule has 1 saturated heterocycles. The Morgan fingerprint density at radius 2 is 1.91 bits per heavy atom. The molecule has 124 valence electrons. The molecule has 0 radical (unpaired) electrons. The van der Waals surface area contributed by atoms with Crippen molar-refractivity contribution >= 4 is 30.1 Å². The molecule has 1 aromatic carbocycles. The van der Waals surface area contributed by atoms with Gasteiger partial charge in [-0.15, -0.1) is 12.4 Å². The summed E-state index contributed by atoms with van der Waals surface area (Å²) in [7, 11) is 2.00. The predicted molar refractivity (Wildman–Crippen MR) is 98.1 cm³/mol. The number of hydrogen-bond donors (Lipinski definition) is 1. The van der Waals surface area contributed by atoms with E-state index in [1.54, 1.807) is 0 Å². The van der Waals surface area contributed by atoms with Gasteiger partial charge < -0.3 is 10.2 Å². The third kappa shape index (κ3) is 5.49. The second-order valence-electron chi connectivity index (χ2n) is 5.63. The van der Waals surface area contributed by atoms with Gasteiger partial charge in [-0.2, -0.15) is 11.8 Å². The maximum atomic E-state index is 12.5. The average Bonchev–Trinajstić information content (AvgIpc) is 2.54. The molecule has 3 nitrogen and oxygen atoms in total.